The molecule has 1 atom stereocenters. The summed E-state index contributed by atoms with van der Waals surface area (Å²) in [5.41, 5.74) is 0. The average molecular weight is 134 g/mol. The molecule has 0 aliphatic heterocycles. The summed E-state index contributed by atoms with van der Waals surface area (Å²) in [5.74, 6) is 0. The van der Waals surface area contributed by atoms with Crippen molar-refractivity contribution in [1.29, 1.82) is 0 Å². The van der Waals surface area contributed by atoms with Gasteiger partial charge in [0, 0.05) is 0 Å². The maximum atomic E-state index is 9.76. The molecule has 0 saturated carbocycles. The molecule has 9 heavy (non-hydrogen) atoms. The number of aliphatic hydroxyl groups excluding tert-OH is 1. The Hall–Kier alpha value is -0.160. The molecule has 0 saturated heterocycles. The lowest BCUT2D eigenvalue weighted by Crippen LogP contribution is -2.19. The van der Waals surface area contributed by atoms with Crippen LogP contribution >= 0.6 is 0 Å². The lowest BCUT2D eigenvalue weighted by Gasteiger charge is -2.10. The van der Waals surface area contributed by atoms with Crippen molar-refractivity contribution in [3.05, 3.63) is 6.29 Å². The molecular weight excluding hydrogens is 124 g/mol. The van der Waals surface area contributed by atoms with Crippen LogP contribution in [0.15, 0.2) is 0 Å². The minimum atomic E-state index is -0.788. The maximum absolute atomic E-state index is 9.76. The van der Waals surface area contributed by atoms with Crippen molar-refractivity contribution < 1.29 is 20.1 Å². The summed E-state index contributed by atoms with van der Waals surface area (Å²) < 4.78 is 4.60. The first kappa shape index (κ1) is 8.84. The minimum absolute atomic E-state index is 0.00574. The van der Waals surface area contributed by atoms with Gasteiger partial charge in [0.05, 0.1) is 6.61 Å². The van der Waals surface area contributed by atoms with E-state index < -0.39 is 12.4 Å². The van der Waals surface area contributed by atoms with Crippen molar-refractivity contribution in [2.75, 3.05) is 13.2 Å². The molecule has 0 aromatic carbocycles. The number of rotatable bonds is 4. The lowest BCUT2D eigenvalue weighted by atomic mass is 10.4. The minimum Gasteiger partial charge on any atom is -0.370 e. The summed E-state index contributed by atoms with van der Waals surface area (Å²) in [6.07, 6.45) is -1.54. The summed E-state index contributed by atoms with van der Waals surface area (Å²) >= 11 is 0. The van der Waals surface area contributed by atoms with Crippen molar-refractivity contribution in [1.82, 2.24) is 0 Å². The Morgan fingerprint density at radius 2 is 2.22 bits per heavy atom. The summed E-state index contributed by atoms with van der Waals surface area (Å²) in [6.45, 7) is 1.09. The first-order chi connectivity index (χ1) is 4.18. The van der Waals surface area contributed by atoms with Crippen LogP contribution in [0.5, 0.6) is 0 Å². The number of hydrogen-bond donors (Lipinski definition) is 2. The van der Waals surface area contributed by atoms with Gasteiger partial charge in [0.1, 0.15) is 12.7 Å². The van der Waals surface area contributed by atoms with Crippen LogP contribution < -0.4 is 0 Å². The zero-order valence-electron chi connectivity index (χ0n) is 5.20. The third kappa shape index (κ3) is 4.35. The van der Waals surface area contributed by atoms with Gasteiger partial charge < -0.3 is 14.9 Å². The van der Waals surface area contributed by atoms with Gasteiger partial charge in [0.15, 0.2) is 0 Å². The van der Waals surface area contributed by atoms with E-state index in [0.29, 0.717) is 0 Å². The Kier molecular flexibility index (Phi) is 4.61. The van der Waals surface area contributed by atoms with Crippen molar-refractivity contribution in [3.63, 3.8) is 0 Å². The van der Waals surface area contributed by atoms with Crippen LogP contribution in [0.1, 0.15) is 6.92 Å². The van der Waals surface area contributed by atoms with Crippen LogP contribution in [0.4, 0.5) is 0 Å². The Labute approximate surface area is 53.7 Å². The molecule has 0 fully saturated rings. The maximum Gasteiger partial charge on any atom is 0.248 e. The molecule has 0 aliphatic carbocycles. The largest absolute Gasteiger partial charge is 0.370 e. The Bertz CT molecular complexity index is 64.0. The third-order valence-corrected chi connectivity index (χ3v) is 0.815. The molecule has 0 amide bonds. The second-order valence-corrected chi connectivity index (χ2v) is 1.58. The van der Waals surface area contributed by atoms with Gasteiger partial charge in [-0.25, -0.2) is 5.11 Å². The molecule has 0 bridgehead atoms. The van der Waals surface area contributed by atoms with Gasteiger partial charge in [-0.15, -0.1) is 0 Å². The number of aliphatic hydroxyl groups is 2. The smallest absolute Gasteiger partial charge is 0.248 e. The fraction of sp³-hybridized carbons (Fsp3) is 0.800. The van der Waals surface area contributed by atoms with E-state index in [1.807, 2.05) is 0 Å². The Balaban J connectivity index is 3.16. The van der Waals surface area contributed by atoms with Gasteiger partial charge in [-0.05, 0) is 6.92 Å². The monoisotopic (exact) mass is 134 g/mol. The van der Waals surface area contributed by atoms with Crippen LogP contribution in [0.25, 0.3) is 0 Å². The molecule has 2 radical (unpaired) electrons. The van der Waals surface area contributed by atoms with Gasteiger partial charge in [0.2, 0.25) is 6.29 Å². The van der Waals surface area contributed by atoms with Gasteiger partial charge in [-0.2, -0.15) is 0 Å². The van der Waals surface area contributed by atoms with E-state index in [0.717, 1.165) is 0 Å². The molecule has 54 valence electrons. The van der Waals surface area contributed by atoms with Crippen LogP contribution in [-0.4, -0.2) is 29.5 Å². The number of ether oxygens (including phenoxy) is 1. The van der Waals surface area contributed by atoms with Crippen LogP contribution in [-0.2, 0) is 9.84 Å². The molecule has 0 rings (SSSR count). The zero-order chi connectivity index (χ0) is 7.28. The Morgan fingerprint density at radius 3 is 2.56 bits per heavy atom. The normalized spacial score (nSPS) is 14.3. The van der Waals surface area contributed by atoms with Gasteiger partial charge in [-0.1, -0.05) is 0 Å². The molecule has 0 aromatic heterocycles. The van der Waals surface area contributed by atoms with Gasteiger partial charge in [-0.3, -0.25) is 0 Å². The SMILES string of the molecule is CC(OCC[O])[C](O)O. The average Bonchev–Trinajstić information content (AvgIpc) is 1.82. The summed E-state index contributed by atoms with van der Waals surface area (Å²) in [7, 11) is 0. The summed E-state index contributed by atoms with van der Waals surface area (Å²) in [5, 5.41) is 26.3. The highest BCUT2D eigenvalue weighted by Crippen LogP contribution is 2.00. The highest BCUT2D eigenvalue weighted by molar-refractivity contribution is 4.67. The van der Waals surface area contributed by atoms with Gasteiger partial charge >= 0.3 is 0 Å². The van der Waals surface area contributed by atoms with E-state index in [4.69, 9.17) is 10.2 Å². The first-order valence-electron chi connectivity index (χ1n) is 2.63. The van der Waals surface area contributed by atoms with Crippen LogP contribution in [0, 0.1) is 6.29 Å². The van der Waals surface area contributed by atoms with Gasteiger partial charge in [0.25, 0.3) is 0 Å². The fourth-order valence-corrected chi connectivity index (χ4v) is 0.299. The van der Waals surface area contributed by atoms with Crippen molar-refractivity contribution >= 4 is 0 Å². The lowest BCUT2D eigenvalue weighted by molar-refractivity contribution is -0.0642. The van der Waals surface area contributed by atoms with Crippen LogP contribution in [0.2, 0.25) is 0 Å². The number of hydrogen-bond acceptors (Lipinski definition) is 3. The predicted octanol–water partition coefficient (Wildman–Crippen LogP) is 0.0565. The van der Waals surface area contributed by atoms with Crippen molar-refractivity contribution in [3.8, 4) is 0 Å². The second kappa shape index (κ2) is 4.69. The standard InChI is InChI=1S/C5H10O4/c1-4(5(7)8)9-3-2-6/h4,7-8H,2-3H2,1H3. The molecule has 1 unspecified atom stereocenters. The fourth-order valence-electron chi connectivity index (χ4n) is 0.299. The first-order valence-corrected chi connectivity index (χ1v) is 2.63. The third-order valence-electron chi connectivity index (χ3n) is 0.815. The predicted molar refractivity (Wildman–Crippen MR) is 28.1 cm³/mol. The highest BCUT2D eigenvalue weighted by atomic mass is 16.6. The topological polar surface area (TPSA) is 69.6 Å². The molecule has 2 N–H and O–H groups in total. The molecular formula is C5H10O4. The molecule has 0 heterocycles. The molecule has 4 heteroatoms. The molecule has 0 aliphatic rings. The summed E-state index contributed by atoms with van der Waals surface area (Å²) in [6, 6.07) is 0. The van der Waals surface area contributed by atoms with E-state index in [1.54, 1.807) is 0 Å². The molecule has 4 nitrogen and oxygen atoms in total. The van der Waals surface area contributed by atoms with E-state index in [2.05, 4.69) is 4.74 Å². The van der Waals surface area contributed by atoms with E-state index in [-0.39, 0.29) is 13.2 Å². The summed E-state index contributed by atoms with van der Waals surface area (Å²) in [4.78, 5) is 0. The molecule has 0 spiro atoms. The Morgan fingerprint density at radius 1 is 1.67 bits per heavy atom. The molecule has 0 aromatic rings. The van der Waals surface area contributed by atoms with Crippen molar-refractivity contribution in [2.45, 2.75) is 13.0 Å². The van der Waals surface area contributed by atoms with Crippen LogP contribution in [0.3, 0.4) is 0 Å². The van der Waals surface area contributed by atoms with E-state index >= 15 is 0 Å². The second-order valence-electron chi connectivity index (χ2n) is 1.58. The van der Waals surface area contributed by atoms with E-state index in [1.165, 1.54) is 6.92 Å². The quantitative estimate of drug-likeness (QED) is 0.571. The highest BCUT2D eigenvalue weighted by Gasteiger charge is 2.11. The van der Waals surface area contributed by atoms with E-state index in [9.17, 15) is 5.11 Å². The van der Waals surface area contributed by atoms with Crippen molar-refractivity contribution in [2.24, 2.45) is 0 Å². The zero-order valence-corrected chi connectivity index (χ0v) is 5.20.